The molecule has 2 saturated heterocycles. The number of esters is 2. The SMILES string of the molecule is CC[C@@]1(O)C(=O)OCc2c1cc1n(c2=O)Cc2c-1nc1cc(F)c(OC)cc1c2CN1CCC([N+](C)(C)Cc2ccc(NC(=O)[C@H](C)NC(=O)CN(CC(=O)N[C@@H](C)C(O)Nc3ccc(C[N+](C)(C)C4CCN(Cc5c6c(nc7cc(F)c(OC)cc57)-c5cc7c(c(=O)n5C6)COC(=O)[C@]7(O)CC)CC4)cc3)C(=O)OC(C)(C)C)cc2)CC1. The van der Waals surface area contributed by atoms with Crippen molar-refractivity contribution >= 4 is 68.9 Å². The Bertz CT molecular complexity index is 5460. The van der Waals surface area contributed by atoms with Crippen LogP contribution in [0.4, 0.5) is 25.0 Å². The molecule has 10 heterocycles. The first-order valence-electron chi connectivity index (χ1n) is 40.2. The molecule has 0 aliphatic carbocycles. The smallest absolute Gasteiger partial charge is 0.411 e. The van der Waals surface area contributed by atoms with E-state index in [0.29, 0.717) is 91.1 Å². The number of aliphatic hydroxyl groups is 3. The van der Waals surface area contributed by atoms with Crippen LogP contribution in [0.5, 0.6) is 11.5 Å². The van der Waals surface area contributed by atoms with Gasteiger partial charge in [-0.2, -0.15) is 0 Å². The maximum atomic E-state index is 15.4. The van der Waals surface area contributed by atoms with E-state index in [9.17, 15) is 53.7 Å². The van der Waals surface area contributed by atoms with E-state index >= 15 is 8.78 Å². The van der Waals surface area contributed by atoms with Gasteiger partial charge in [0.15, 0.2) is 34.3 Å². The molecule has 626 valence electrons. The van der Waals surface area contributed by atoms with Crippen molar-refractivity contribution in [1.82, 2.24) is 44.4 Å². The molecule has 6 aliphatic rings. The van der Waals surface area contributed by atoms with Crippen LogP contribution in [0, 0.1) is 11.6 Å². The van der Waals surface area contributed by atoms with Crippen LogP contribution in [0.15, 0.2) is 94.5 Å². The number of benzene rings is 4. The van der Waals surface area contributed by atoms with Crippen LogP contribution in [-0.4, -0.2) is 212 Å². The molecular formula is C87H105F2N13O16+2. The zero-order chi connectivity index (χ0) is 84.6. The van der Waals surface area contributed by atoms with Gasteiger partial charge in [0.25, 0.3) is 11.1 Å². The predicted octanol–water partition coefficient (Wildman–Crippen LogP) is 7.87. The van der Waals surface area contributed by atoms with Crippen molar-refractivity contribution in [3.05, 3.63) is 173 Å². The fourth-order valence-corrected chi connectivity index (χ4v) is 17.7. The van der Waals surface area contributed by atoms with Crippen LogP contribution in [0.1, 0.15) is 143 Å². The molecule has 14 rings (SSSR count). The van der Waals surface area contributed by atoms with Crippen molar-refractivity contribution in [2.75, 3.05) is 92.3 Å². The van der Waals surface area contributed by atoms with Gasteiger partial charge in [0.05, 0.1) is 119 Å². The Morgan fingerprint density at radius 2 is 1.03 bits per heavy atom. The number of quaternary nitrogens is 2. The van der Waals surface area contributed by atoms with Crippen molar-refractivity contribution in [1.29, 1.82) is 0 Å². The van der Waals surface area contributed by atoms with Crippen LogP contribution >= 0.6 is 0 Å². The second-order valence-corrected chi connectivity index (χ2v) is 34.4. The lowest BCUT2D eigenvalue weighted by atomic mass is 9.86. The summed E-state index contributed by atoms with van der Waals surface area (Å²) in [4.78, 5) is 124. The van der Waals surface area contributed by atoms with Gasteiger partial charge in [0.2, 0.25) is 17.7 Å². The van der Waals surface area contributed by atoms with E-state index in [1.165, 1.54) is 33.3 Å². The molecular weight excluding hydrogens is 1520 g/mol. The zero-order valence-electron chi connectivity index (χ0n) is 69.0. The number of aromatic nitrogens is 4. The fourth-order valence-electron chi connectivity index (χ4n) is 17.7. The molecule has 7 N–H and O–H groups in total. The number of anilines is 2. The number of pyridine rings is 4. The van der Waals surface area contributed by atoms with Gasteiger partial charge in [-0.05, 0) is 107 Å². The number of halogens is 2. The Morgan fingerprint density at radius 1 is 0.619 bits per heavy atom. The second-order valence-electron chi connectivity index (χ2n) is 34.4. The molecule has 0 saturated carbocycles. The summed E-state index contributed by atoms with van der Waals surface area (Å²) in [5, 5.41) is 47.0. The highest BCUT2D eigenvalue weighted by atomic mass is 19.1. The highest BCUT2D eigenvalue weighted by Crippen LogP contribution is 2.45. The lowest BCUT2D eigenvalue weighted by Gasteiger charge is -2.43. The quantitative estimate of drug-likeness (QED) is 0.0124. The number of hydrogen-bond acceptors (Lipinski definition) is 21. The summed E-state index contributed by atoms with van der Waals surface area (Å²) < 4.78 is 62.4. The van der Waals surface area contributed by atoms with Crippen molar-refractivity contribution in [2.45, 2.75) is 187 Å². The molecule has 5 atom stereocenters. The van der Waals surface area contributed by atoms with E-state index in [1.54, 1.807) is 87.1 Å². The summed E-state index contributed by atoms with van der Waals surface area (Å²) in [6, 6.07) is 23.0. The molecule has 0 bridgehead atoms. The van der Waals surface area contributed by atoms with Crippen LogP contribution < -0.4 is 41.9 Å². The number of hydrogen-bond donors (Lipinski definition) is 7. The number of amides is 4. The molecule has 4 amide bonds. The van der Waals surface area contributed by atoms with Crippen LogP contribution in [0.3, 0.4) is 0 Å². The highest BCUT2D eigenvalue weighted by Gasteiger charge is 2.48. The largest absolute Gasteiger partial charge is 0.494 e. The number of nitrogens with one attached hydrogen (secondary N) is 4. The average Bonchev–Trinajstić information content (AvgIpc) is 1.54. The number of ether oxygens (including phenoxy) is 5. The number of carbonyl (C=O) groups excluding carboxylic acids is 6. The summed E-state index contributed by atoms with van der Waals surface area (Å²) in [7, 11) is 11.6. The number of rotatable bonds is 25. The maximum absolute atomic E-state index is 15.4. The standard InChI is InChI=1S/C87H103F2N13O16/c1-14-86(112)64-34-70-76-60(40-99(70)80(107)62(64)46-116-82(86)109)58(56-32-72(114-12)66(88)36-68(56)94-76)38-96-28-24-54(25-29-96)101(8,9)44-50-16-20-52(21-17-50)92-78(105)48(3)90-74(103)42-98(84(111)118-85(5,6)7)43-75(104)91-49(4)79(106)93-53-22-18-51(19-23-53)45-102(10,11)55-26-30-97(31-27-55)39-59-57-33-73(115-13)67(89)37-69(57)95-77-61(59)41-100-71(77)35-65-63(81(100)108)47-117-83(110)87(65,113)15-2/h16-23,32-37,48-49,54-55,78,92,105,112-113H,14-15,24-31,38-47H2,1-13H3,(H-2,90,91,93,103,104,106)/p+2/t48-,49-,78?,86-,87-/m0/s1. The number of fused-ring (bicyclic) bond motifs is 10. The minimum atomic E-state index is -2.00. The van der Waals surface area contributed by atoms with Gasteiger partial charge >= 0.3 is 18.0 Å². The van der Waals surface area contributed by atoms with Crippen LogP contribution in [0.2, 0.25) is 0 Å². The number of piperidine rings is 2. The van der Waals surface area contributed by atoms with E-state index < -0.39 is 95.6 Å². The number of nitrogens with zero attached hydrogens (tertiary/aromatic N) is 9. The number of methoxy groups -OCH3 is 2. The topological polar surface area (TPSA) is 337 Å². The van der Waals surface area contributed by atoms with E-state index in [0.717, 1.165) is 90.1 Å². The van der Waals surface area contributed by atoms with Crippen LogP contribution in [-0.2, 0) is 102 Å². The first kappa shape index (κ1) is 83.7. The summed E-state index contributed by atoms with van der Waals surface area (Å²) in [6.07, 6.45) is 1.20. The molecule has 31 heteroatoms. The van der Waals surface area contributed by atoms with E-state index in [4.69, 9.17) is 33.7 Å². The van der Waals surface area contributed by atoms with Crippen molar-refractivity contribution in [2.24, 2.45) is 0 Å². The van der Waals surface area contributed by atoms with E-state index in [1.807, 2.05) is 36.4 Å². The monoisotopic (exact) mass is 1630 g/mol. The molecule has 2 fully saturated rings. The Hall–Kier alpha value is -10.8. The fraction of sp³-hybridized carbons (Fsp3) is 0.471. The van der Waals surface area contributed by atoms with Gasteiger partial charge in [-0.25, -0.2) is 33.1 Å². The van der Waals surface area contributed by atoms with Crippen molar-refractivity contribution in [3.8, 4) is 34.3 Å². The predicted molar refractivity (Wildman–Crippen MR) is 434 cm³/mol. The molecule has 0 radical (unpaired) electrons. The van der Waals surface area contributed by atoms with Gasteiger partial charge < -0.3 is 78.4 Å². The molecule has 4 aromatic carbocycles. The van der Waals surface area contributed by atoms with E-state index in [-0.39, 0.29) is 96.1 Å². The molecule has 1 unspecified atom stereocenters. The number of likely N-dealkylation sites (tertiary alicyclic amines) is 2. The maximum Gasteiger partial charge on any atom is 0.411 e. The molecule has 4 aromatic heterocycles. The summed E-state index contributed by atoms with van der Waals surface area (Å²) >= 11 is 0. The Kier molecular flexibility index (Phi) is 23.0. The number of aliphatic hydroxyl groups excluding tert-OH is 1. The average molecular weight is 1630 g/mol. The molecule has 8 aromatic rings. The lowest BCUT2D eigenvalue weighted by Crippen LogP contribution is -2.53. The molecule has 0 spiro atoms. The zero-order valence-corrected chi connectivity index (χ0v) is 69.0. The lowest BCUT2D eigenvalue weighted by molar-refractivity contribution is -0.929. The van der Waals surface area contributed by atoms with Gasteiger partial charge in [-0.15, -0.1) is 0 Å². The third-order valence-corrected chi connectivity index (χ3v) is 24.6. The minimum Gasteiger partial charge on any atom is -0.494 e. The highest BCUT2D eigenvalue weighted by molar-refractivity contribution is 5.98. The molecule has 29 nitrogen and oxygen atoms in total. The second kappa shape index (κ2) is 32.5. The van der Waals surface area contributed by atoms with E-state index in [2.05, 4.69) is 59.3 Å². The number of cyclic esters (lactones) is 2. The Morgan fingerprint density at radius 3 is 1.44 bits per heavy atom. The van der Waals surface area contributed by atoms with Gasteiger partial charge in [0, 0.05) is 133 Å². The summed E-state index contributed by atoms with van der Waals surface area (Å²) in [5.41, 5.74) is 4.18. The minimum absolute atomic E-state index is 0.00244. The summed E-state index contributed by atoms with van der Waals surface area (Å²) in [5.74, 6) is -4.63. The summed E-state index contributed by atoms with van der Waals surface area (Å²) in [6.45, 7) is 15.2. The Labute approximate surface area is 681 Å². The van der Waals surface area contributed by atoms with Gasteiger partial charge in [-0.1, -0.05) is 38.1 Å². The van der Waals surface area contributed by atoms with Crippen molar-refractivity contribution in [3.63, 3.8) is 0 Å². The van der Waals surface area contributed by atoms with Gasteiger partial charge in [0.1, 0.15) is 57.3 Å². The third-order valence-electron chi connectivity index (χ3n) is 24.6. The van der Waals surface area contributed by atoms with Gasteiger partial charge in [-0.3, -0.25) is 38.7 Å². The number of carbonyl (C=O) groups is 6. The third kappa shape index (κ3) is 16.4. The Balaban J connectivity index is 0.538. The normalized spacial score (nSPS) is 19.0. The first-order valence-corrected chi connectivity index (χ1v) is 40.2. The van der Waals surface area contributed by atoms with Crippen LogP contribution in [0.25, 0.3) is 44.6 Å². The van der Waals surface area contributed by atoms with Crippen molar-refractivity contribution < 1.29 is 85.5 Å². The molecule has 6 aliphatic heterocycles. The first-order chi connectivity index (χ1) is 55.9. The molecule has 118 heavy (non-hydrogen) atoms.